The molecule has 1 amide bonds. The van der Waals surface area contributed by atoms with Crippen molar-refractivity contribution in [1.82, 2.24) is 0 Å². The summed E-state index contributed by atoms with van der Waals surface area (Å²) >= 11 is 0. The van der Waals surface area contributed by atoms with Gasteiger partial charge in [0.2, 0.25) is 0 Å². The minimum absolute atomic E-state index is 0.0501. The van der Waals surface area contributed by atoms with E-state index in [2.05, 4.69) is 5.32 Å². The number of non-ortho nitro benzene ring substituents is 1. The van der Waals surface area contributed by atoms with Gasteiger partial charge in [-0.15, -0.1) is 0 Å². The number of carbonyl (C=O) groups is 2. The number of esters is 1. The van der Waals surface area contributed by atoms with Crippen molar-refractivity contribution in [2.75, 3.05) is 11.9 Å². The molecule has 0 bridgehead atoms. The molecule has 0 heterocycles. The minimum Gasteiger partial charge on any atom is -0.462 e. The van der Waals surface area contributed by atoms with Crippen LogP contribution in [0.15, 0.2) is 42.5 Å². The standard InChI is InChI=1S/C19H19N3O7/c1-12(2)9-10-29-19(24)17-15(7-4-8-16(17)22(27)28)18(23)20-13-5-3-6-14(11-13)21(25)26/h3-8,11-12H,9-10H2,1-2H3,(H,20,23). The average molecular weight is 401 g/mol. The van der Waals surface area contributed by atoms with E-state index in [1.165, 1.54) is 30.3 Å². The van der Waals surface area contributed by atoms with Crippen molar-refractivity contribution >= 4 is 28.9 Å². The zero-order valence-corrected chi connectivity index (χ0v) is 15.8. The molecule has 0 saturated carbocycles. The van der Waals surface area contributed by atoms with Crippen molar-refractivity contribution in [3.8, 4) is 0 Å². The molecule has 0 spiro atoms. The van der Waals surface area contributed by atoms with Crippen LogP contribution in [-0.2, 0) is 4.74 Å². The number of hydrogen-bond donors (Lipinski definition) is 1. The maximum atomic E-state index is 12.7. The number of benzene rings is 2. The number of carbonyl (C=O) groups excluding carboxylic acids is 2. The highest BCUT2D eigenvalue weighted by Gasteiger charge is 2.28. The van der Waals surface area contributed by atoms with Crippen molar-refractivity contribution < 1.29 is 24.2 Å². The Hall–Kier alpha value is -3.82. The normalized spacial score (nSPS) is 10.4. The second-order valence-corrected chi connectivity index (χ2v) is 6.54. The summed E-state index contributed by atoms with van der Waals surface area (Å²) in [6.07, 6.45) is 0.557. The molecule has 2 aromatic carbocycles. The maximum absolute atomic E-state index is 12.7. The molecule has 2 rings (SSSR count). The van der Waals surface area contributed by atoms with Gasteiger partial charge in [0.25, 0.3) is 17.3 Å². The first-order chi connectivity index (χ1) is 13.7. The van der Waals surface area contributed by atoms with E-state index in [0.717, 1.165) is 12.1 Å². The fraction of sp³-hybridized carbons (Fsp3) is 0.263. The van der Waals surface area contributed by atoms with Crippen molar-refractivity contribution in [1.29, 1.82) is 0 Å². The molecule has 1 N–H and O–H groups in total. The Balaban J connectivity index is 2.36. The largest absolute Gasteiger partial charge is 0.462 e. The fourth-order valence-electron chi connectivity index (χ4n) is 2.45. The molecule has 0 atom stereocenters. The molecule has 0 unspecified atom stereocenters. The lowest BCUT2D eigenvalue weighted by Gasteiger charge is -2.11. The molecular formula is C19H19N3O7. The number of nitro groups is 2. The fourth-order valence-corrected chi connectivity index (χ4v) is 2.45. The van der Waals surface area contributed by atoms with Crippen LogP contribution >= 0.6 is 0 Å². The van der Waals surface area contributed by atoms with Crippen molar-refractivity contribution in [2.45, 2.75) is 20.3 Å². The second kappa shape index (κ2) is 9.40. The highest BCUT2D eigenvalue weighted by atomic mass is 16.6. The van der Waals surface area contributed by atoms with Gasteiger partial charge in [-0.3, -0.25) is 25.0 Å². The lowest BCUT2D eigenvalue weighted by atomic mass is 10.0. The van der Waals surface area contributed by atoms with Crippen molar-refractivity contribution in [3.05, 3.63) is 73.8 Å². The molecule has 29 heavy (non-hydrogen) atoms. The van der Waals surface area contributed by atoms with Gasteiger partial charge in [0, 0.05) is 23.9 Å². The summed E-state index contributed by atoms with van der Waals surface area (Å²) in [7, 11) is 0. The van der Waals surface area contributed by atoms with Crippen LogP contribution in [0.1, 0.15) is 41.0 Å². The summed E-state index contributed by atoms with van der Waals surface area (Å²) in [6.45, 7) is 3.90. The van der Waals surface area contributed by atoms with E-state index >= 15 is 0 Å². The Labute approximate surface area is 165 Å². The molecule has 2 aromatic rings. The first-order valence-electron chi connectivity index (χ1n) is 8.71. The third-order valence-corrected chi connectivity index (χ3v) is 3.93. The molecule has 0 radical (unpaired) electrons. The van der Waals surface area contributed by atoms with Gasteiger partial charge in [0.1, 0.15) is 5.56 Å². The Bertz CT molecular complexity index is 957. The van der Waals surface area contributed by atoms with Gasteiger partial charge in [-0.1, -0.05) is 26.0 Å². The van der Waals surface area contributed by atoms with Crippen molar-refractivity contribution in [2.24, 2.45) is 5.92 Å². The quantitative estimate of drug-likeness (QED) is 0.401. The van der Waals surface area contributed by atoms with E-state index in [-0.39, 0.29) is 29.5 Å². The molecule has 0 aliphatic carbocycles. The van der Waals surface area contributed by atoms with Gasteiger partial charge in [-0.25, -0.2) is 4.79 Å². The molecule has 10 heteroatoms. The van der Waals surface area contributed by atoms with Gasteiger partial charge in [-0.05, 0) is 24.5 Å². The summed E-state index contributed by atoms with van der Waals surface area (Å²) in [5, 5.41) is 24.6. The number of nitrogens with one attached hydrogen (secondary N) is 1. The van der Waals surface area contributed by atoms with E-state index in [1.807, 2.05) is 13.8 Å². The molecule has 0 fully saturated rings. The Morgan fingerprint density at radius 1 is 1.07 bits per heavy atom. The summed E-state index contributed by atoms with van der Waals surface area (Å²) in [6, 6.07) is 8.80. The molecular weight excluding hydrogens is 382 g/mol. The number of nitrogens with zero attached hydrogens (tertiary/aromatic N) is 2. The van der Waals surface area contributed by atoms with Gasteiger partial charge in [-0.2, -0.15) is 0 Å². The number of rotatable bonds is 8. The summed E-state index contributed by atoms with van der Waals surface area (Å²) in [5.74, 6) is -1.56. The third-order valence-electron chi connectivity index (χ3n) is 3.93. The highest BCUT2D eigenvalue weighted by Crippen LogP contribution is 2.25. The van der Waals surface area contributed by atoms with E-state index < -0.39 is 33.0 Å². The summed E-state index contributed by atoms with van der Waals surface area (Å²) in [4.78, 5) is 46.0. The summed E-state index contributed by atoms with van der Waals surface area (Å²) in [5.41, 5.74) is -1.43. The van der Waals surface area contributed by atoms with Crippen LogP contribution in [0.5, 0.6) is 0 Å². The van der Waals surface area contributed by atoms with Gasteiger partial charge >= 0.3 is 5.97 Å². The van der Waals surface area contributed by atoms with Crippen LogP contribution in [-0.4, -0.2) is 28.3 Å². The van der Waals surface area contributed by atoms with Crippen molar-refractivity contribution in [3.63, 3.8) is 0 Å². The lowest BCUT2D eigenvalue weighted by molar-refractivity contribution is -0.385. The van der Waals surface area contributed by atoms with Crippen LogP contribution in [0.2, 0.25) is 0 Å². The average Bonchev–Trinajstić information content (AvgIpc) is 2.67. The molecule has 0 aliphatic heterocycles. The number of amides is 1. The van der Waals surface area contributed by atoms with Gasteiger partial charge in [0.05, 0.1) is 22.0 Å². The minimum atomic E-state index is -0.984. The van der Waals surface area contributed by atoms with Crippen LogP contribution < -0.4 is 5.32 Å². The third kappa shape index (κ3) is 5.58. The van der Waals surface area contributed by atoms with Crippen LogP contribution in [0, 0.1) is 26.1 Å². The van der Waals surface area contributed by atoms with E-state index in [0.29, 0.717) is 6.42 Å². The summed E-state index contributed by atoms with van der Waals surface area (Å²) < 4.78 is 5.11. The van der Waals surface area contributed by atoms with Crippen LogP contribution in [0.3, 0.4) is 0 Å². The Morgan fingerprint density at radius 2 is 1.76 bits per heavy atom. The monoisotopic (exact) mass is 401 g/mol. The first kappa shape index (κ1) is 21.5. The van der Waals surface area contributed by atoms with E-state index in [4.69, 9.17) is 4.74 Å². The molecule has 0 aliphatic rings. The number of anilines is 1. The van der Waals surface area contributed by atoms with E-state index in [1.54, 1.807) is 0 Å². The smallest absolute Gasteiger partial charge is 0.346 e. The Morgan fingerprint density at radius 3 is 2.38 bits per heavy atom. The maximum Gasteiger partial charge on any atom is 0.346 e. The topological polar surface area (TPSA) is 142 Å². The predicted octanol–water partition coefficient (Wildman–Crippen LogP) is 3.96. The highest BCUT2D eigenvalue weighted by molar-refractivity contribution is 6.12. The molecule has 152 valence electrons. The van der Waals surface area contributed by atoms with E-state index in [9.17, 15) is 29.8 Å². The van der Waals surface area contributed by atoms with Gasteiger partial charge < -0.3 is 10.1 Å². The zero-order valence-electron chi connectivity index (χ0n) is 15.8. The Kier molecular flexibility index (Phi) is 6.96. The number of ether oxygens (including phenoxy) is 1. The number of hydrogen-bond acceptors (Lipinski definition) is 7. The van der Waals surface area contributed by atoms with Crippen LogP contribution in [0.25, 0.3) is 0 Å². The van der Waals surface area contributed by atoms with Crippen LogP contribution in [0.4, 0.5) is 17.1 Å². The SMILES string of the molecule is CC(C)CCOC(=O)c1c(C(=O)Nc2cccc([N+](=O)[O-])c2)cccc1[N+](=O)[O-]. The van der Waals surface area contributed by atoms with Gasteiger partial charge in [0.15, 0.2) is 0 Å². The second-order valence-electron chi connectivity index (χ2n) is 6.54. The lowest BCUT2D eigenvalue weighted by Crippen LogP contribution is -2.19. The zero-order chi connectivity index (χ0) is 21.6. The first-order valence-corrected chi connectivity index (χ1v) is 8.71. The molecule has 0 aromatic heterocycles. The number of nitro benzene ring substituents is 2. The predicted molar refractivity (Wildman–Crippen MR) is 104 cm³/mol. The molecule has 0 saturated heterocycles. The molecule has 10 nitrogen and oxygen atoms in total.